The molecule has 1 fully saturated rings. The molecule has 1 aliphatic carbocycles. The number of thiophene rings is 1. The lowest BCUT2D eigenvalue weighted by molar-refractivity contribution is 0.0601. The van der Waals surface area contributed by atoms with Crippen LogP contribution < -0.4 is 10.6 Å². The van der Waals surface area contributed by atoms with Crippen molar-refractivity contribution >= 4 is 55.6 Å². The molecule has 34 heavy (non-hydrogen) atoms. The van der Waals surface area contributed by atoms with E-state index in [0.717, 1.165) is 55.4 Å². The normalized spacial score (nSPS) is 16.4. The number of fused-ring (bicyclic) bond motifs is 1. The molecule has 0 saturated carbocycles. The molecule has 1 amide bonds. The van der Waals surface area contributed by atoms with Crippen molar-refractivity contribution in [3.63, 3.8) is 0 Å². The Morgan fingerprint density at radius 1 is 1.03 bits per heavy atom. The Kier molecular flexibility index (Phi) is 7.66. The Labute approximate surface area is 208 Å². The van der Waals surface area contributed by atoms with Gasteiger partial charge in [-0.05, 0) is 80.6 Å². The third-order valence-corrected chi connectivity index (χ3v) is 9.41. The van der Waals surface area contributed by atoms with Crippen molar-refractivity contribution in [2.45, 2.75) is 49.8 Å². The van der Waals surface area contributed by atoms with Crippen LogP contribution in [0.5, 0.6) is 0 Å². The zero-order chi connectivity index (χ0) is 24.3. The van der Waals surface area contributed by atoms with Crippen LogP contribution in [0.15, 0.2) is 29.2 Å². The number of nitrogens with one attached hydrogen (secondary N) is 2. The van der Waals surface area contributed by atoms with Gasteiger partial charge in [-0.15, -0.1) is 11.3 Å². The van der Waals surface area contributed by atoms with Gasteiger partial charge in [-0.25, -0.2) is 13.2 Å². The van der Waals surface area contributed by atoms with E-state index < -0.39 is 21.9 Å². The average Bonchev–Trinajstić information content (AvgIpc) is 3.42. The number of methoxy groups -OCH3 is 1. The highest BCUT2D eigenvalue weighted by Gasteiger charge is 2.28. The quantitative estimate of drug-likeness (QED) is 0.351. The molecule has 8 nitrogen and oxygen atoms in total. The highest BCUT2D eigenvalue weighted by atomic mass is 32.2. The Hall–Kier alpha value is -2.34. The van der Waals surface area contributed by atoms with Gasteiger partial charge in [0.05, 0.1) is 17.6 Å². The number of benzene rings is 1. The highest BCUT2D eigenvalue weighted by Crippen LogP contribution is 2.38. The third-order valence-electron chi connectivity index (χ3n) is 6.08. The molecule has 1 aliphatic heterocycles. The summed E-state index contributed by atoms with van der Waals surface area (Å²) in [5.41, 5.74) is 1.76. The van der Waals surface area contributed by atoms with Gasteiger partial charge < -0.3 is 10.1 Å². The van der Waals surface area contributed by atoms with Gasteiger partial charge in [-0.1, -0.05) is 6.42 Å². The standard InChI is InChI=1S/C23H27N3O5S3/c1-31-22(28)19-17-7-3-2-4-8-18(17)33-21(19)25-23(32)24-20(27)15-9-11-16(12-10-15)34(29,30)26-13-5-6-14-26/h9-12H,2-8,13-14H2,1H3,(H2,24,25,27,32). The van der Waals surface area contributed by atoms with Crippen LogP contribution in [-0.2, 0) is 27.6 Å². The van der Waals surface area contributed by atoms with Gasteiger partial charge >= 0.3 is 5.97 Å². The first-order chi connectivity index (χ1) is 16.3. The topological polar surface area (TPSA) is 105 Å². The number of ether oxygens (including phenoxy) is 1. The number of anilines is 1. The van der Waals surface area contributed by atoms with Gasteiger partial charge in [-0.3, -0.25) is 10.1 Å². The first kappa shape index (κ1) is 24.8. The molecule has 1 aromatic heterocycles. The van der Waals surface area contributed by atoms with Gasteiger partial charge in [0.1, 0.15) is 5.00 Å². The second-order valence-corrected chi connectivity index (χ2v) is 11.8. The van der Waals surface area contributed by atoms with Crippen LogP contribution in [0.4, 0.5) is 5.00 Å². The number of carbonyl (C=O) groups excluding carboxylic acids is 2. The van der Waals surface area contributed by atoms with E-state index >= 15 is 0 Å². The molecule has 4 rings (SSSR count). The van der Waals surface area contributed by atoms with Gasteiger partial charge in [0.2, 0.25) is 10.0 Å². The maximum atomic E-state index is 12.7. The molecular formula is C23H27N3O5S3. The van der Waals surface area contributed by atoms with Crippen molar-refractivity contribution < 1.29 is 22.7 Å². The summed E-state index contributed by atoms with van der Waals surface area (Å²) in [5, 5.41) is 6.22. The lowest BCUT2D eigenvalue weighted by Gasteiger charge is -2.15. The number of nitrogens with zero attached hydrogens (tertiary/aromatic N) is 1. The number of hydrogen-bond acceptors (Lipinski definition) is 7. The summed E-state index contributed by atoms with van der Waals surface area (Å²) in [6.07, 6.45) is 6.62. The lowest BCUT2D eigenvalue weighted by atomic mass is 10.1. The molecule has 1 aromatic carbocycles. The Bertz CT molecular complexity index is 1200. The third kappa shape index (κ3) is 5.17. The maximum absolute atomic E-state index is 12.7. The summed E-state index contributed by atoms with van der Waals surface area (Å²) in [4.78, 5) is 26.5. The van der Waals surface area contributed by atoms with Crippen molar-refractivity contribution in [3.05, 3.63) is 45.8 Å². The Morgan fingerprint density at radius 2 is 1.71 bits per heavy atom. The van der Waals surface area contributed by atoms with Crippen molar-refractivity contribution in [3.8, 4) is 0 Å². The molecule has 0 spiro atoms. The average molecular weight is 522 g/mol. The maximum Gasteiger partial charge on any atom is 0.341 e. The van der Waals surface area contributed by atoms with Crippen molar-refractivity contribution in [1.29, 1.82) is 0 Å². The van der Waals surface area contributed by atoms with Crippen LogP contribution in [0.25, 0.3) is 0 Å². The molecule has 2 N–H and O–H groups in total. The first-order valence-electron chi connectivity index (χ1n) is 11.3. The summed E-state index contributed by atoms with van der Waals surface area (Å²) < 4.78 is 31.8. The fourth-order valence-corrected chi connectivity index (χ4v) is 7.37. The number of hydrogen-bond donors (Lipinski definition) is 2. The van der Waals surface area contributed by atoms with E-state index in [1.807, 2.05) is 0 Å². The monoisotopic (exact) mass is 521 g/mol. The predicted molar refractivity (Wildman–Crippen MR) is 135 cm³/mol. The van der Waals surface area contributed by atoms with Gasteiger partial charge in [0.15, 0.2) is 5.11 Å². The molecule has 2 aromatic rings. The van der Waals surface area contributed by atoms with Gasteiger partial charge in [-0.2, -0.15) is 4.31 Å². The van der Waals surface area contributed by atoms with Crippen molar-refractivity contribution in [2.24, 2.45) is 0 Å². The molecule has 2 heterocycles. The lowest BCUT2D eigenvalue weighted by Crippen LogP contribution is -2.34. The van der Waals surface area contributed by atoms with E-state index in [2.05, 4.69) is 10.6 Å². The molecule has 1 saturated heterocycles. The van der Waals surface area contributed by atoms with Crippen molar-refractivity contribution in [2.75, 3.05) is 25.5 Å². The Morgan fingerprint density at radius 3 is 2.38 bits per heavy atom. The first-order valence-corrected chi connectivity index (χ1v) is 13.9. The second-order valence-electron chi connectivity index (χ2n) is 8.30. The van der Waals surface area contributed by atoms with E-state index in [4.69, 9.17) is 17.0 Å². The molecule has 0 unspecified atom stereocenters. The summed E-state index contributed by atoms with van der Waals surface area (Å²) >= 11 is 6.79. The van der Waals surface area contributed by atoms with Crippen LogP contribution in [0.1, 0.15) is 63.3 Å². The highest BCUT2D eigenvalue weighted by molar-refractivity contribution is 7.89. The number of thiocarbonyl (C=S) groups is 1. The summed E-state index contributed by atoms with van der Waals surface area (Å²) in [5.74, 6) is -0.897. The number of sulfonamides is 1. The largest absolute Gasteiger partial charge is 0.465 e. The van der Waals surface area contributed by atoms with E-state index in [9.17, 15) is 18.0 Å². The van der Waals surface area contributed by atoms with E-state index in [0.29, 0.717) is 23.7 Å². The number of amides is 1. The number of carbonyl (C=O) groups is 2. The minimum Gasteiger partial charge on any atom is -0.465 e. The minimum absolute atomic E-state index is 0.0559. The molecule has 2 aliphatic rings. The van der Waals surface area contributed by atoms with Crippen LogP contribution in [0, 0.1) is 0 Å². The molecule has 0 radical (unpaired) electrons. The molecule has 11 heteroatoms. The van der Waals surface area contributed by atoms with E-state index in [-0.39, 0.29) is 15.6 Å². The van der Waals surface area contributed by atoms with Crippen molar-refractivity contribution in [1.82, 2.24) is 9.62 Å². The summed E-state index contributed by atoms with van der Waals surface area (Å²) in [6, 6.07) is 5.80. The van der Waals surface area contributed by atoms with Crippen LogP contribution in [-0.4, -0.2) is 49.9 Å². The number of aryl methyl sites for hydroxylation is 1. The fraction of sp³-hybridized carbons (Fsp3) is 0.435. The number of esters is 1. The molecule has 182 valence electrons. The second kappa shape index (κ2) is 10.5. The molecule has 0 atom stereocenters. The van der Waals surface area contributed by atoms with E-state index in [1.54, 1.807) is 0 Å². The zero-order valence-corrected chi connectivity index (χ0v) is 21.3. The van der Waals surface area contributed by atoms with Crippen LogP contribution >= 0.6 is 23.6 Å². The predicted octanol–water partition coefficient (Wildman–Crippen LogP) is 3.71. The minimum atomic E-state index is -3.54. The van der Waals surface area contributed by atoms with E-state index in [1.165, 1.54) is 47.0 Å². The zero-order valence-electron chi connectivity index (χ0n) is 18.9. The molecular weight excluding hydrogens is 494 g/mol. The summed E-state index contributed by atoms with van der Waals surface area (Å²) in [7, 11) is -2.20. The fourth-order valence-electron chi connectivity index (χ4n) is 4.31. The Balaban J connectivity index is 1.45. The van der Waals surface area contributed by atoms with Gasteiger partial charge in [0.25, 0.3) is 5.91 Å². The van der Waals surface area contributed by atoms with Crippen LogP contribution in [0.3, 0.4) is 0 Å². The number of rotatable bonds is 5. The smallest absolute Gasteiger partial charge is 0.341 e. The van der Waals surface area contributed by atoms with Crippen LogP contribution in [0.2, 0.25) is 0 Å². The molecule has 0 bridgehead atoms. The summed E-state index contributed by atoms with van der Waals surface area (Å²) in [6.45, 7) is 1.04. The van der Waals surface area contributed by atoms with Gasteiger partial charge in [0, 0.05) is 23.5 Å². The SMILES string of the molecule is COC(=O)c1c(NC(=S)NC(=O)c2ccc(S(=O)(=O)N3CCCC3)cc2)sc2c1CCCCC2.